The van der Waals surface area contributed by atoms with Crippen LogP contribution in [-0.4, -0.2) is 24.6 Å². The van der Waals surface area contributed by atoms with Gasteiger partial charge in [-0.1, -0.05) is 19.8 Å². The molecular formula is C10H14N4O. The van der Waals surface area contributed by atoms with Gasteiger partial charge in [-0.2, -0.15) is 0 Å². The Bertz CT molecular complexity index is 412. The molecule has 0 fully saturated rings. The summed E-state index contributed by atoms with van der Waals surface area (Å²) in [6.45, 7) is 3.04. The van der Waals surface area contributed by atoms with Gasteiger partial charge in [-0.05, 0) is 6.42 Å². The van der Waals surface area contributed by atoms with Gasteiger partial charge in [0.1, 0.15) is 12.7 Å². The minimum atomic E-state index is -0.0470. The van der Waals surface area contributed by atoms with E-state index < -0.39 is 0 Å². The van der Waals surface area contributed by atoms with Crippen LogP contribution in [-0.2, 0) is 6.54 Å². The van der Waals surface area contributed by atoms with Crippen molar-refractivity contribution >= 4 is 0 Å². The lowest BCUT2D eigenvalue weighted by Crippen LogP contribution is -2.05. The van der Waals surface area contributed by atoms with Gasteiger partial charge in [0.2, 0.25) is 5.88 Å². The molecule has 5 heteroatoms. The average molecular weight is 206 g/mol. The van der Waals surface area contributed by atoms with Gasteiger partial charge in [0, 0.05) is 6.54 Å². The van der Waals surface area contributed by atoms with Crippen LogP contribution in [0.3, 0.4) is 0 Å². The molecule has 0 bridgehead atoms. The van der Waals surface area contributed by atoms with Crippen LogP contribution in [0.15, 0.2) is 12.7 Å². The Morgan fingerprint density at radius 1 is 1.27 bits per heavy atom. The van der Waals surface area contributed by atoms with E-state index in [0.29, 0.717) is 11.5 Å². The molecule has 2 heterocycles. The summed E-state index contributed by atoms with van der Waals surface area (Å²) in [6.07, 6.45) is 6.52. The smallest absolute Gasteiger partial charge is 0.242 e. The summed E-state index contributed by atoms with van der Waals surface area (Å²) in [4.78, 5) is 11.9. The van der Waals surface area contributed by atoms with Gasteiger partial charge >= 0.3 is 0 Å². The molecule has 0 saturated carbocycles. The van der Waals surface area contributed by atoms with E-state index in [4.69, 9.17) is 0 Å². The van der Waals surface area contributed by atoms with Crippen molar-refractivity contribution in [2.24, 2.45) is 0 Å². The standard InChI is InChI=1S/C10H14N4O/c1-2-3-4-5-14-7-13-10(15)8-9(14)12-6-11-8/h6-7,15H,2-5H2,1H3. The summed E-state index contributed by atoms with van der Waals surface area (Å²) in [5.41, 5.74) is 0.481. The molecule has 0 radical (unpaired) electrons. The highest BCUT2D eigenvalue weighted by Gasteiger charge is 2.15. The maximum Gasteiger partial charge on any atom is 0.242 e. The minimum Gasteiger partial charge on any atom is -0.492 e. The number of hydrogen-bond acceptors (Lipinski definition) is 4. The van der Waals surface area contributed by atoms with Crippen LogP contribution in [0.1, 0.15) is 26.2 Å². The Morgan fingerprint density at radius 3 is 2.93 bits per heavy atom. The van der Waals surface area contributed by atoms with E-state index in [1.807, 2.05) is 4.57 Å². The van der Waals surface area contributed by atoms with E-state index in [1.54, 1.807) is 6.33 Å². The van der Waals surface area contributed by atoms with Gasteiger partial charge in [-0.3, -0.25) is 0 Å². The van der Waals surface area contributed by atoms with Gasteiger partial charge < -0.3 is 9.67 Å². The highest BCUT2D eigenvalue weighted by Crippen LogP contribution is 2.24. The van der Waals surface area contributed by atoms with Crippen molar-refractivity contribution in [1.82, 2.24) is 19.5 Å². The first-order valence-electron chi connectivity index (χ1n) is 5.17. The fourth-order valence-corrected chi connectivity index (χ4v) is 1.56. The lowest BCUT2D eigenvalue weighted by molar-refractivity contribution is 0.446. The Kier molecular flexibility index (Phi) is 2.80. The predicted molar refractivity (Wildman–Crippen MR) is 55.6 cm³/mol. The second kappa shape index (κ2) is 4.25. The minimum absolute atomic E-state index is 0.0470. The second-order valence-corrected chi connectivity index (χ2v) is 3.51. The fraction of sp³-hybridized carbons (Fsp3) is 0.500. The lowest BCUT2D eigenvalue weighted by Gasteiger charge is -2.09. The SMILES string of the molecule is CCCCCn1cnc(O)c2ncnc1-2. The Balaban J connectivity index is 2.21. The van der Waals surface area contributed by atoms with E-state index in [1.165, 1.54) is 19.2 Å². The van der Waals surface area contributed by atoms with Crippen LogP contribution >= 0.6 is 0 Å². The largest absolute Gasteiger partial charge is 0.492 e. The lowest BCUT2D eigenvalue weighted by atomic mass is 10.2. The third-order valence-electron chi connectivity index (χ3n) is 2.38. The average Bonchev–Trinajstić information content (AvgIpc) is 2.71. The molecule has 0 saturated heterocycles. The topological polar surface area (TPSA) is 63.8 Å². The zero-order chi connectivity index (χ0) is 10.7. The number of rotatable bonds is 4. The molecule has 0 amide bonds. The fourth-order valence-electron chi connectivity index (χ4n) is 1.56. The van der Waals surface area contributed by atoms with Gasteiger partial charge in [-0.15, -0.1) is 0 Å². The van der Waals surface area contributed by atoms with Crippen LogP contribution < -0.4 is 0 Å². The molecule has 2 aliphatic heterocycles. The van der Waals surface area contributed by atoms with Crippen LogP contribution in [0.2, 0.25) is 0 Å². The van der Waals surface area contributed by atoms with Crippen molar-refractivity contribution in [1.29, 1.82) is 0 Å². The van der Waals surface area contributed by atoms with E-state index in [-0.39, 0.29) is 5.88 Å². The summed E-state index contributed by atoms with van der Waals surface area (Å²) in [5, 5.41) is 9.43. The number of hydrogen-bond donors (Lipinski definition) is 1. The Labute approximate surface area is 88.2 Å². The zero-order valence-corrected chi connectivity index (χ0v) is 8.72. The van der Waals surface area contributed by atoms with Crippen LogP contribution in [0, 0.1) is 0 Å². The van der Waals surface area contributed by atoms with Gasteiger partial charge in [0.15, 0.2) is 11.5 Å². The maximum absolute atomic E-state index is 9.43. The van der Waals surface area contributed by atoms with Gasteiger partial charge in [-0.25, -0.2) is 15.0 Å². The van der Waals surface area contributed by atoms with E-state index in [0.717, 1.165) is 13.0 Å². The highest BCUT2D eigenvalue weighted by molar-refractivity contribution is 5.56. The van der Waals surface area contributed by atoms with Crippen molar-refractivity contribution in [3.63, 3.8) is 0 Å². The van der Waals surface area contributed by atoms with Crippen molar-refractivity contribution in [2.75, 3.05) is 0 Å². The normalized spacial score (nSPS) is 11.0. The van der Waals surface area contributed by atoms with Crippen LogP contribution in [0.25, 0.3) is 11.5 Å². The maximum atomic E-state index is 9.43. The molecule has 0 aliphatic carbocycles. The summed E-state index contributed by atoms with van der Waals surface area (Å²) in [6, 6.07) is 0. The highest BCUT2D eigenvalue weighted by atomic mass is 16.3. The molecule has 15 heavy (non-hydrogen) atoms. The number of fused-ring (bicyclic) bond motifs is 1. The Morgan fingerprint density at radius 2 is 2.13 bits per heavy atom. The summed E-state index contributed by atoms with van der Waals surface area (Å²) < 4.78 is 1.93. The first kappa shape index (κ1) is 9.89. The van der Waals surface area contributed by atoms with Crippen molar-refractivity contribution < 1.29 is 5.11 Å². The number of aromatic hydroxyl groups is 1. The number of aromatic nitrogens is 4. The number of nitrogens with zero attached hydrogens (tertiary/aromatic N) is 4. The van der Waals surface area contributed by atoms with Crippen molar-refractivity contribution in [3.05, 3.63) is 12.7 Å². The van der Waals surface area contributed by atoms with Gasteiger partial charge in [0.25, 0.3) is 0 Å². The molecule has 2 rings (SSSR count). The second-order valence-electron chi connectivity index (χ2n) is 3.51. The number of aryl methyl sites for hydroxylation is 1. The van der Waals surface area contributed by atoms with Crippen molar-refractivity contribution in [3.8, 4) is 17.4 Å². The molecule has 5 nitrogen and oxygen atoms in total. The molecule has 0 aromatic rings. The molecule has 80 valence electrons. The zero-order valence-electron chi connectivity index (χ0n) is 8.72. The molecule has 0 spiro atoms. The first-order valence-corrected chi connectivity index (χ1v) is 5.17. The van der Waals surface area contributed by atoms with E-state index >= 15 is 0 Å². The molecule has 0 aromatic carbocycles. The molecular weight excluding hydrogens is 192 g/mol. The summed E-state index contributed by atoms with van der Waals surface area (Å²) in [7, 11) is 0. The molecule has 0 atom stereocenters. The van der Waals surface area contributed by atoms with E-state index in [2.05, 4.69) is 21.9 Å². The van der Waals surface area contributed by atoms with E-state index in [9.17, 15) is 5.11 Å². The number of unbranched alkanes of at least 4 members (excludes halogenated alkanes) is 2. The third-order valence-corrected chi connectivity index (χ3v) is 2.38. The quantitative estimate of drug-likeness (QED) is 0.773. The third kappa shape index (κ3) is 1.91. The van der Waals surface area contributed by atoms with Crippen LogP contribution in [0.4, 0.5) is 0 Å². The molecule has 2 aliphatic rings. The molecule has 0 unspecified atom stereocenters. The summed E-state index contributed by atoms with van der Waals surface area (Å²) in [5.74, 6) is 0.660. The monoisotopic (exact) mass is 206 g/mol. The van der Waals surface area contributed by atoms with Crippen LogP contribution in [0.5, 0.6) is 5.88 Å². The molecule has 1 N–H and O–H groups in total. The first-order chi connectivity index (χ1) is 7.33. The summed E-state index contributed by atoms with van der Waals surface area (Å²) >= 11 is 0. The molecule has 0 aromatic heterocycles. The van der Waals surface area contributed by atoms with Gasteiger partial charge in [0.05, 0.1) is 0 Å². The Hall–Kier alpha value is -1.65. The van der Waals surface area contributed by atoms with Crippen molar-refractivity contribution in [2.45, 2.75) is 32.7 Å². The predicted octanol–water partition coefficient (Wildman–Crippen LogP) is 1.67. The number of imidazole rings is 1.